The molecule has 0 aliphatic rings. The van der Waals surface area contributed by atoms with Gasteiger partial charge in [-0.25, -0.2) is 0 Å². The van der Waals surface area contributed by atoms with E-state index in [1.807, 2.05) is 13.2 Å². The number of hydrogen-bond acceptors (Lipinski definition) is 10. The molecule has 0 rings (SSSR count). The summed E-state index contributed by atoms with van der Waals surface area (Å²) in [4.78, 5) is 51.7. The van der Waals surface area contributed by atoms with E-state index in [0.717, 1.165) is 37.9 Å². The average Bonchev–Trinajstić information content (AvgIpc) is 2.90. The molecule has 10 heteroatoms. The molecule has 0 fully saturated rings. The highest BCUT2D eigenvalue weighted by molar-refractivity contribution is 7.98. The van der Waals surface area contributed by atoms with Gasteiger partial charge in [-0.3, -0.25) is 19.2 Å². The van der Waals surface area contributed by atoms with Crippen LogP contribution in [0.1, 0.15) is 106 Å². The minimum Gasteiger partial charge on any atom is -0.385 e. The van der Waals surface area contributed by atoms with Crippen LogP contribution in [0, 0.1) is 0 Å². The molecule has 0 N–H and O–H groups in total. The summed E-state index contributed by atoms with van der Waals surface area (Å²) < 4.78 is 19.4. The van der Waals surface area contributed by atoms with Gasteiger partial charge in [0, 0.05) is 67.2 Å². The summed E-state index contributed by atoms with van der Waals surface area (Å²) in [6, 6.07) is 0. The van der Waals surface area contributed by atoms with Crippen molar-refractivity contribution in [1.82, 2.24) is 0 Å². The Bertz CT molecular complexity index is 603. The molecule has 2 unspecified atom stereocenters. The molecule has 2 atom stereocenters. The summed E-state index contributed by atoms with van der Waals surface area (Å²) >= 11 is 1.71. The van der Waals surface area contributed by atoms with Gasteiger partial charge in [0.05, 0.1) is 18.8 Å². The van der Waals surface area contributed by atoms with Crippen molar-refractivity contribution in [2.45, 2.75) is 118 Å². The van der Waals surface area contributed by atoms with E-state index in [1.54, 1.807) is 74.8 Å². The monoisotopic (exact) mass is 610 g/mol. The van der Waals surface area contributed by atoms with Crippen LogP contribution in [0.2, 0.25) is 0 Å². The summed E-state index contributed by atoms with van der Waals surface area (Å²) in [5.74, 6) is 2.08. The van der Waals surface area contributed by atoms with Crippen molar-refractivity contribution >= 4 is 40.7 Å². The Labute approximate surface area is 255 Å². The van der Waals surface area contributed by atoms with Gasteiger partial charge in [-0.2, -0.15) is 11.8 Å². The number of hydrogen-bond donors (Lipinski definition) is 0. The van der Waals surface area contributed by atoms with Gasteiger partial charge in [-0.05, 0) is 65.9 Å². The molecule has 0 bridgehead atoms. The summed E-state index contributed by atoms with van der Waals surface area (Å²) in [6.45, 7) is 13.3. The van der Waals surface area contributed by atoms with Gasteiger partial charge >= 0.3 is 0 Å². The van der Waals surface area contributed by atoms with Crippen molar-refractivity contribution in [3.63, 3.8) is 0 Å². The van der Waals surface area contributed by atoms with Gasteiger partial charge in [0.2, 0.25) is 0 Å². The number of ether oxygens (including phenoxy) is 4. The summed E-state index contributed by atoms with van der Waals surface area (Å²) in [5, 5.41) is 0. The largest absolute Gasteiger partial charge is 0.385 e. The van der Waals surface area contributed by atoms with E-state index in [9.17, 15) is 24.0 Å². The van der Waals surface area contributed by atoms with Crippen LogP contribution < -0.4 is 0 Å². The zero-order valence-corrected chi connectivity index (χ0v) is 29.0. The first-order valence-corrected chi connectivity index (χ1v) is 15.6. The van der Waals surface area contributed by atoms with Crippen molar-refractivity contribution in [2.75, 3.05) is 53.7 Å². The smallest absolute Gasteiger partial charge is 0.132 e. The summed E-state index contributed by atoms with van der Waals surface area (Å²) in [5.41, 5.74) is 0. The highest BCUT2D eigenvalue weighted by atomic mass is 32.2. The van der Waals surface area contributed by atoms with Gasteiger partial charge in [0.1, 0.15) is 28.9 Å². The van der Waals surface area contributed by atoms with Crippen LogP contribution in [0.3, 0.4) is 0 Å². The number of carbonyl (C=O) groups is 5. The Balaban J connectivity index is -0.000000133. The average molecular weight is 611 g/mol. The fourth-order valence-corrected chi connectivity index (χ4v) is 3.11. The Morgan fingerprint density at radius 1 is 0.610 bits per heavy atom. The lowest BCUT2D eigenvalue weighted by molar-refractivity contribution is -0.120. The maximum atomic E-state index is 10.6. The van der Waals surface area contributed by atoms with Crippen molar-refractivity contribution in [1.29, 1.82) is 0 Å². The normalized spacial score (nSPS) is 10.9. The molecule has 0 aromatic heterocycles. The minimum absolute atomic E-state index is 0.127. The Morgan fingerprint density at radius 3 is 1.27 bits per heavy atom. The highest BCUT2D eigenvalue weighted by Gasteiger charge is 2.07. The Hall–Kier alpha value is -1.46. The minimum atomic E-state index is 0.127. The standard InChI is InChI=1S/C8H16O2.C7H14O2.C6H12O2.C5H10O2.C5H10OS/c1-4-5-8(10-3)6-7(2)9;1-4-7(9-3)5-6(2)8;1-6(7)4-3-5-8-2;2*1-5(6)3-4-7-2/h8H,4-6H2,1-3H3;7H,4-5H2,1-3H3;3-5H2,1-2H3;2*3-4H2,1-2H3. The molecule has 0 saturated carbocycles. The van der Waals surface area contributed by atoms with E-state index in [4.69, 9.17) is 14.2 Å². The maximum Gasteiger partial charge on any atom is 0.132 e. The van der Waals surface area contributed by atoms with Gasteiger partial charge in [0.25, 0.3) is 0 Å². The molecule has 0 aromatic rings. The first kappa shape index (κ1) is 49.2. The van der Waals surface area contributed by atoms with Crippen LogP contribution in [0.25, 0.3) is 0 Å². The predicted molar refractivity (Wildman–Crippen MR) is 170 cm³/mol. The van der Waals surface area contributed by atoms with Gasteiger partial charge in [0.15, 0.2) is 0 Å². The number of Topliss-reactive ketones (excluding diaryl/α,β-unsaturated/α-hetero) is 5. The van der Waals surface area contributed by atoms with Crippen molar-refractivity contribution < 1.29 is 42.9 Å². The van der Waals surface area contributed by atoms with E-state index >= 15 is 0 Å². The number of thioether (sulfide) groups is 1. The van der Waals surface area contributed by atoms with Crippen molar-refractivity contribution in [3.05, 3.63) is 0 Å². The SMILES string of the molecule is CCC(CC(C)=O)OC.CCCC(CC(C)=O)OC.COCCC(C)=O.COCCCC(C)=O.CSCCC(C)=O. The number of methoxy groups -OCH3 is 4. The lowest BCUT2D eigenvalue weighted by atomic mass is 10.1. The second kappa shape index (κ2) is 40.7. The molecule has 0 saturated heterocycles. The fourth-order valence-electron chi connectivity index (χ4n) is 2.62. The van der Waals surface area contributed by atoms with E-state index in [-0.39, 0.29) is 41.1 Å². The molecule has 0 spiro atoms. The third-order valence-electron chi connectivity index (χ3n) is 4.96. The van der Waals surface area contributed by atoms with E-state index < -0.39 is 0 Å². The zero-order chi connectivity index (χ0) is 33.1. The second-order valence-electron chi connectivity index (χ2n) is 9.41. The number of rotatable bonds is 19. The molecule has 0 aromatic carbocycles. The summed E-state index contributed by atoms with van der Waals surface area (Å²) in [6.07, 6.45) is 9.11. The van der Waals surface area contributed by atoms with Gasteiger partial charge in [-0.1, -0.05) is 20.3 Å². The second-order valence-corrected chi connectivity index (χ2v) is 10.4. The third-order valence-corrected chi connectivity index (χ3v) is 5.57. The van der Waals surface area contributed by atoms with E-state index in [1.165, 1.54) is 0 Å². The fraction of sp³-hybridized carbons (Fsp3) is 0.839. The topological polar surface area (TPSA) is 122 Å². The van der Waals surface area contributed by atoms with Crippen LogP contribution in [0.4, 0.5) is 0 Å². The Kier molecular flexibility index (Phi) is 48.8. The first-order chi connectivity index (χ1) is 19.2. The molecule has 246 valence electrons. The van der Waals surface area contributed by atoms with Crippen LogP contribution in [-0.4, -0.2) is 94.8 Å². The van der Waals surface area contributed by atoms with Gasteiger partial charge in [-0.15, -0.1) is 0 Å². The van der Waals surface area contributed by atoms with Crippen LogP contribution >= 0.6 is 11.8 Å². The lowest BCUT2D eigenvalue weighted by Crippen LogP contribution is -2.13. The summed E-state index contributed by atoms with van der Waals surface area (Å²) in [7, 11) is 6.52. The predicted octanol–water partition coefficient (Wildman–Crippen LogP) is 6.11. The van der Waals surface area contributed by atoms with Crippen molar-refractivity contribution in [2.24, 2.45) is 0 Å². The van der Waals surface area contributed by atoms with Crippen molar-refractivity contribution in [3.8, 4) is 0 Å². The molecule has 0 heterocycles. The van der Waals surface area contributed by atoms with Crippen LogP contribution in [-0.2, 0) is 42.9 Å². The Morgan fingerprint density at radius 2 is 1.05 bits per heavy atom. The molecule has 41 heavy (non-hydrogen) atoms. The van der Waals surface area contributed by atoms with E-state index in [0.29, 0.717) is 38.9 Å². The molecule has 0 aliphatic carbocycles. The van der Waals surface area contributed by atoms with Crippen LogP contribution in [0.5, 0.6) is 0 Å². The number of ketones is 5. The molecule has 9 nitrogen and oxygen atoms in total. The molecular weight excluding hydrogens is 548 g/mol. The molecule has 0 radical (unpaired) electrons. The quantitative estimate of drug-likeness (QED) is 0.158. The number of carbonyl (C=O) groups excluding carboxylic acids is 5. The molecule has 0 amide bonds. The third kappa shape index (κ3) is 63.2. The lowest BCUT2D eigenvalue weighted by Gasteiger charge is -2.11. The van der Waals surface area contributed by atoms with Crippen LogP contribution in [0.15, 0.2) is 0 Å². The zero-order valence-electron chi connectivity index (χ0n) is 28.2. The highest BCUT2D eigenvalue weighted by Crippen LogP contribution is 2.05. The first-order valence-electron chi connectivity index (χ1n) is 14.2. The van der Waals surface area contributed by atoms with E-state index in [2.05, 4.69) is 11.7 Å². The van der Waals surface area contributed by atoms with Gasteiger partial charge < -0.3 is 23.7 Å². The molecule has 0 aliphatic heterocycles. The molecular formula is C31H62O9S. The maximum absolute atomic E-state index is 10.6.